The van der Waals surface area contributed by atoms with E-state index in [-0.39, 0.29) is 5.91 Å². The third-order valence-corrected chi connectivity index (χ3v) is 5.29. The molecular weight excluding hydrogens is 360 g/mol. The molecule has 0 unspecified atom stereocenters. The first-order valence-corrected chi connectivity index (χ1v) is 10.1. The van der Waals surface area contributed by atoms with Crippen molar-refractivity contribution in [3.63, 3.8) is 0 Å². The molecule has 0 aromatic heterocycles. The molecule has 3 aromatic carbocycles. The van der Waals surface area contributed by atoms with E-state index in [2.05, 4.69) is 29.2 Å². The van der Waals surface area contributed by atoms with Gasteiger partial charge in [-0.1, -0.05) is 66.7 Å². The maximum atomic E-state index is 13.1. The SMILES string of the molecule is O=C(c1ccccc1COc1ccccc1)N1CCN(Cc2ccccc2)CC1. The number of nitrogens with zero attached hydrogens (tertiary/aromatic N) is 2. The first-order chi connectivity index (χ1) is 14.3. The number of ether oxygens (including phenoxy) is 1. The molecule has 0 radical (unpaired) electrons. The van der Waals surface area contributed by atoms with Gasteiger partial charge in [-0.2, -0.15) is 0 Å². The van der Waals surface area contributed by atoms with Crippen LogP contribution in [0.4, 0.5) is 0 Å². The molecule has 0 N–H and O–H groups in total. The maximum Gasteiger partial charge on any atom is 0.254 e. The summed E-state index contributed by atoms with van der Waals surface area (Å²) in [7, 11) is 0. The van der Waals surface area contributed by atoms with Crippen molar-refractivity contribution in [1.29, 1.82) is 0 Å². The minimum atomic E-state index is 0.0941. The molecule has 3 aromatic rings. The smallest absolute Gasteiger partial charge is 0.254 e. The Morgan fingerprint density at radius 1 is 0.759 bits per heavy atom. The molecule has 4 rings (SSSR count). The van der Waals surface area contributed by atoms with Gasteiger partial charge in [0, 0.05) is 43.9 Å². The van der Waals surface area contributed by atoms with Crippen LogP contribution in [-0.4, -0.2) is 41.9 Å². The van der Waals surface area contributed by atoms with E-state index in [1.807, 2.05) is 65.6 Å². The number of carbonyl (C=O) groups is 1. The third-order valence-electron chi connectivity index (χ3n) is 5.29. The van der Waals surface area contributed by atoms with Crippen molar-refractivity contribution in [2.45, 2.75) is 13.2 Å². The largest absolute Gasteiger partial charge is 0.489 e. The fourth-order valence-electron chi connectivity index (χ4n) is 3.65. The molecule has 0 bridgehead atoms. The van der Waals surface area contributed by atoms with Crippen LogP contribution >= 0.6 is 0 Å². The molecular formula is C25H26N2O2. The van der Waals surface area contributed by atoms with Gasteiger partial charge >= 0.3 is 0 Å². The lowest BCUT2D eigenvalue weighted by atomic mass is 10.1. The van der Waals surface area contributed by atoms with Gasteiger partial charge in [-0.3, -0.25) is 9.69 Å². The summed E-state index contributed by atoms with van der Waals surface area (Å²) in [5.41, 5.74) is 2.98. The fourth-order valence-corrected chi connectivity index (χ4v) is 3.65. The van der Waals surface area contributed by atoms with Gasteiger partial charge in [-0.05, 0) is 23.8 Å². The monoisotopic (exact) mass is 386 g/mol. The molecule has 1 aliphatic rings. The lowest BCUT2D eigenvalue weighted by Gasteiger charge is -2.35. The maximum absolute atomic E-state index is 13.1. The Morgan fingerprint density at radius 3 is 2.10 bits per heavy atom. The van der Waals surface area contributed by atoms with E-state index < -0.39 is 0 Å². The summed E-state index contributed by atoms with van der Waals surface area (Å²) in [4.78, 5) is 17.5. The van der Waals surface area contributed by atoms with Crippen LogP contribution in [0.3, 0.4) is 0 Å². The van der Waals surface area contributed by atoms with E-state index in [1.165, 1.54) is 5.56 Å². The number of piperazine rings is 1. The summed E-state index contributed by atoms with van der Waals surface area (Å²) >= 11 is 0. The van der Waals surface area contributed by atoms with Crippen molar-refractivity contribution in [1.82, 2.24) is 9.80 Å². The second-order valence-corrected chi connectivity index (χ2v) is 7.31. The van der Waals surface area contributed by atoms with Crippen LogP contribution in [0.1, 0.15) is 21.5 Å². The quantitative estimate of drug-likeness (QED) is 0.636. The minimum absolute atomic E-state index is 0.0941. The van der Waals surface area contributed by atoms with Crippen molar-refractivity contribution < 1.29 is 9.53 Å². The van der Waals surface area contributed by atoms with E-state index in [0.717, 1.165) is 49.6 Å². The van der Waals surface area contributed by atoms with Crippen LogP contribution < -0.4 is 4.74 Å². The Labute approximate surface area is 172 Å². The highest BCUT2D eigenvalue weighted by molar-refractivity contribution is 5.95. The Balaban J connectivity index is 1.36. The van der Waals surface area contributed by atoms with E-state index >= 15 is 0 Å². The number of para-hydroxylation sites is 1. The van der Waals surface area contributed by atoms with E-state index in [0.29, 0.717) is 6.61 Å². The summed E-state index contributed by atoms with van der Waals surface area (Å²) < 4.78 is 5.87. The predicted molar refractivity (Wildman–Crippen MR) is 115 cm³/mol. The number of hydrogen-bond donors (Lipinski definition) is 0. The fraction of sp³-hybridized carbons (Fsp3) is 0.240. The van der Waals surface area contributed by atoms with E-state index in [4.69, 9.17) is 4.74 Å². The Kier molecular flexibility index (Phi) is 6.22. The first kappa shape index (κ1) is 19.2. The molecule has 1 amide bonds. The molecule has 4 heteroatoms. The van der Waals surface area contributed by atoms with Crippen LogP contribution in [0.5, 0.6) is 5.75 Å². The van der Waals surface area contributed by atoms with Gasteiger partial charge in [-0.25, -0.2) is 0 Å². The van der Waals surface area contributed by atoms with Gasteiger partial charge in [0.25, 0.3) is 5.91 Å². The number of benzene rings is 3. The average Bonchev–Trinajstić information content (AvgIpc) is 2.79. The second kappa shape index (κ2) is 9.39. The number of carbonyl (C=O) groups excluding carboxylic acids is 1. The van der Waals surface area contributed by atoms with Gasteiger partial charge in [0.2, 0.25) is 0 Å². The van der Waals surface area contributed by atoms with Gasteiger partial charge in [-0.15, -0.1) is 0 Å². The molecule has 0 atom stereocenters. The highest BCUT2D eigenvalue weighted by Gasteiger charge is 2.23. The zero-order valence-corrected chi connectivity index (χ0v) is 16.5. The highest BCUT2D eigenvalue weighted by Crippen LogP contribution is 2.18. The van der Waals surface area contributed by atoms with Gasteiger partial charge in [0.15, 0.2) is 0 Å². The normalized spacial score (nSPS) is 14.6. The van der Waals surface area contributed by atoms with Crippen LogP contribution in [0.25, 0.3) is 0 Å². The molecule has 0 aliphatic carbocycles. The van der Waals surface area contributed by atoms with Crippen molar-refractivity contribution >= 4 is 5.91 Å². The van der Waals surface area contributed by atoms with Gasteiger partial charge in [0.05, 0.1) is 0 Å². The molecule has 29 heavy (non-hydrogen) atoms. The van der Waals surface area contributed by atoms with Crippen molar-refractivity contribution in [2.75, 3.05) is 26.2 Å². The topological polar surface area (TPSA) is 32.8 Å². The summed E-state index contributed by atoms with van der Waals surface area (Å²) in [6.07, 6.45) is 0. The zero-order valence-electron chi connectivity index (χ0n) is 16.5. The van der Waals surface area contributed by atoms with Gasteiger partial charge < -0.3 is 9.64 Å². The molecule has 1 aliphatic heterocycles. The van der Waals surface area contributed by atoms with Crippen molar-refractivity contribution in [3.05, 3.63) is 102 Å². The Bertz CT molecular complexity index is 920. The molecule has 0 saturated carbocycles. The molecule has 4 nitrogen and oxygen atoms in total. The molecule has 148 valence electrons. The summed E-state index contributed by atoms with van der Waals surface area (Å²) in [5.74, 6) is 0.904. The lowest BCUT2D eigenvalue weighted by molar-refractivity contribution is 0.0626. The number of amides is 1. The summed E-state index contributed by atoms with van der Waals surface area (Å²) in [6, 6.07) is 28.0. The summed E-state index contributed by atoms with van der Waals surface area (Å²) in [5, 5.41) is 0. The number of rotatable bonds is 6. The van der Waals surface area contributed by atoms with E-state index in [9.17, 15) is 4.79 Å². The molecule has 0 spiro atoms. The lowest BCUT2D eigenvalue weighted by Crippen LogP contribution is -2.48. The van der Waals surface area contributed by atoms with Crippen LogP contribution in [0.2, 0.25) is 0 Å². The van der Waals surface area contributed by atoms with E-state index in [1.54, 1.807) is 0 Å². The van der Waals surface area contributed by atoms with Crippen LogP contribution in [0.15, 0.2) is 84.9 Å². The van der Waals surface area contributed by atoms with Crippen molar-refractivity contribution in [3.8, 4) is 5.75 Å². The summed E-state index contributed by atoms with van der Waals surface area (Å²) in [6.45, 7) is 4.61. The minimum Gasteiger partial charge on any atom is -0.489 e. The first-order valence-electron chi connectivity index (χ1n) is 10.1. The average molecular weight is 386 g/mol. The third kappa shape index (κ3) is 5.04. The van der Waals surface area contributed by atoms with Crippen LogP contribution in [-0.2, 0) is 13.2 Å². The predicted octanol–water partition coefficient (Wildman–Crippen LogP) is 4.22. The standard InChI is InChI=1S/C25H26N2O2/c28-25(27-17-15-26(16-18-27)19-21-9-3-1-4-10-21)24-14-8-7-11-22(24)20-29-23-12-5-2-6-13-23/h1-14H,15-20H2. The van der Waals surface area contributed by atoms with Crippen LogP contribution in [0, 0.1) is 0 Å². The highest BCUT2D eigenvalue weighted by atomic mass is 16.5. The molecule has 1 fully saturated rings. The van der Waals surface area contributed by atoms with Crippen molar-refractivity contribution in [2.24, 2.45) is 0 Å². The Morgan fingerprint density at radius 2 is 1.38 bits per heavy atom. The molecule has 1 saturated heterocycles. The van der Waals surface area contributed by atoms with Gasteiger partial charge in [0.1, 0.15) is 12.4 Å². The zero-order chi connectivity index (χ0) is 19.9. The number of hydrogen-bond acceptors (Lipinski definition) is 3. The Hall–Kier alpha value is -3.11. The second-order valence-electron chi connectivity index (χ2n) is 7.31. The molecule has 1 heterocycles.